The van der Waals surface area contributed by atoms with Gasteiger partial charge in [-0.15, -0.1) is 0 Å². The van der Waals surface area contributed by atoms with Crippen LogP contribution in [0.3, 0.4) is 0 Å². The molecule has 1 aliphatic rings. The van der Waals surface area contributed by atoms with Crippen LogP contribution in [0.2, 0.25) is 0 Å². The van der Waals surface area contributed by atoms with Gasteiger partial charge in [-0.2, -0.15) is 0 Å². The second-order valence-corrected chi connectivity index (χ2v) is 5.35. The second kappa shape index (κ2) is 5.54. The Labute approximate surface area is 104 Å². The molecule has 0 bridgehead atoms. The van der Waals surface area contributed by atoms with Crippen molar-refractivity contribution in [1.82, 2.24) is 5.32 Å². The van der Waals surface area contributed by atoms with E-state index >= 15 is 0 Å². The maximum Gasteiger partial charge on any atom is 0.120 e. The second-order valence-electron chi connectivity index (χ2n) is 5.35. The average Bonchev–Trinajstić information content (AvgIpc) is 2.29. The van der Waals surface area contributed by atoms with Crippen LogP contribution in [0.4, 0.5) is 0 Å². The van der Waals surface area contributed by atoms with Gasteiger partial charge in [-0.25, -0.2) is 0 Å². The van der Waals surface area contributed by atoms with Gasteiger partial charge in [0.05, 0.1) is 0 Å². The van der Waals surface area contributed by atoms with Gasteiger partial charge < -0.3 is 10.1 Å². The lowest BCUT2D eigenvalue weighted by Gasteiger charge is -2.28. The summed E-state index contributed by atoms with van der Waals surface area (Å²) in [5.41, 5.74) is 1.35. The highest BCUT2D eigenvalue weighted by atomic mass is 16.5. The minimum atomic E-state index is 0.369. The lowest BCUT2D eigenvalue weighted by molar-refractivity contribution is 0.144. The number of piperidine rings is 1. The lowest BCUT2D eigenvalue weighted by atomic mass is 10.0. The molecular formula is C15H23NO. The standard InChI is InChI=1S/C15H23NO/c1-11(2)13-5-4-6-14(10-13)17-15-7-8-16-12(3)9-15/h4-6,10-12,15-16H,7-9H2,1-3H3. The first kappa shape index (κ1) is 12.4. The number of hydrogen-bond donors (Lipinski definition) is 1. The van der Waals surface area contributed by atoms with E-state index in [1.165, 1.54) is 5.56 Å². The Morgan fingerprint density at radius 3 is 2.88 bits per heavy atom. The van der Waals surface area contributed by atoms with Crippen LogP contribution in [-0.2, 0) is 0 Å². The molecule has 1 aromatic carbocycles. The van der Waals surface area contributed by atoms with Gasteiger partial charge in [0, 0.05) is 6.04 Å². The number of benzene rings is 1. The number of rotatable bonds is 3. The van der Waals surface area contributed by atoms with E-state index in [0.29, 0.717) is 18.1 Å². The summed E-state index contributed by atoms with van der Waals surface area (Å²) in [7, 11) is 0. The molecule has 2 rings (SSSR count). The van der Waals surface area contributed by atoms with Crippen molar-refractivity contribution in [2.75, 3.05) is 6.54 Å². The van der Waals surface area contributed by atoms with Crippen molar-refractivity contribution in [1.29, 1.82) is 0 Å². The summed E-state index contributed by atoms with van der Waals surface area (Å²) in [4.78, 5) is 0. The zero-order chi connectivity index (χ0) is 12.3. The monoisotopic (exact) mass is 233 g/mol. The van der Waals surface area contributed by atoms with Crippen molar-refractivity contribution < 1.29 is 4.74 Å². The first-order valence-corrected chi connectivity index (χ1v) is 6.65. The van der Waals surface area contributed by atoms with E-state index in [0.717, 1.165) is 25.1 Å². The van der Waals surface area contributed by atoms with E-state index in [1.54, 1.807) is 0 Å². The zero-order valence-electron chi connectivity index (χ0n) is 11.1. The molecule has 94 valence electrons. The summed E-state index contributed by atoms with van der Waals surface area (Å²) in [6.45, 7) is 7.72. The molecule has 2 atom stereocenters. The largest absolute Gasteiger partial charge is 0.490 e. The first-order chi connectivity index (χ1) is 8.15. The summed E-state index contributed by atoms with van der Waals surface area (Å²) in [6, 6.07) is 9.08. The number of nitrogens with one attached hydrogen (secondary N) is 1. The summed E-state index contributed by atoms with van der Waals surface area (Å²) in [5, 5.41) is 3.45. The minimum absolute atomic E-state index is 0.369. The van der Waals surface area contributed by atoms with Crippen molar-refractivity contribution in [2.24, 2.45) is 0 Å². The molecule has 0 aromatic heterocycles. The highest BCUT2D eigenvalue weighted by molar-refractivity contribution is 5.30. The van der Waals surface area contributed by atoms with Crippen molar-refractivity contribution in [2.45, 2.75) is 51.7 Å². The predicted octanol–water partition coefficient (Wildman–Crippen LogP) is 3.33. The molecular weight excluding hydrogens is 210 g/mol. The van der Waals surface area contributed by atoms with E-state index in [4.69, 9.17) is 4.74 Å². The predicted molar refractivity (Wildman–Crippen MR) is 71.6 cm³/mol. The Bertz CT molecular complexity index is 362. The third-order valence-corrected chi connectivity index (χ3v) is 3.40. The molecule has 0 amide bonds. The third-order valence-electron chi connectivity index (χ3n) is 3.40. The normalized spacial score (nSPS) is 24.9. The van der Waals surface area contributed by atoms with Crippen molar-refractivity contribution in [3.05, 3.63) is 29.8 Å². The fourth-order valence-corrected chi connectivity index (χ4v) is 2.33. The molecule has 17 heavy (non-hydrogen) atoms. The number of ether oxygens (including phenoxy) is 1. The summed E-state index contributed by atoms with van der Waals surface area (Å²) < 4.78 is 6.08. The minimum Gasteiger partial charge on any atom is -0.490 e. The Kier molecular flexibility index (Phi) is 4.06. The quantitative estimate of drug-likeness (QED) is 0.864. The maximum atomic E-state index is 6.08. The first-order valence-electron chi connectivity index (χ1n) is 6.65. The molecule has 2 nitrogen and oxygen atoms in total. The van der Waals surface area contributed by atoms with Crippen LogP contribution in [0, 0.1) is 0 Å². The Balaban J connectivity index is 2.00. The summed E-state index contributed by atoms with van der Waals surface area (Å²) in [5.74, 6) is 1.58. The smallest absolute Gasteiger partial charge is 0.120 e. The van der Waals surface area contributed by atoms with E-state index in [-0.39, 0.29) is 0 Å². The van der Waals surface area contributed by atoms with Gasteiger partial charge in [0.25, 0.3) is 0 Å². The van der Waals surface area contributed by atoms with Crippen LogP contribution in [0.5, 0.6) is 5.75 Å². The summed E-state index contributed by atoms with van der Waals surface area (Å²) >= 11 is 0. The molecule has 0 spiro atoms. The van der Waals surface area contributed by atoms with Gasteiger partial charge in [-0.1, -0.05) is 26.0 Å². The van der Waals surface area contributed by atoms with Gasteiger partial charge in [0.1, 0.15) is 11.9 Å². The van der Waals surface area contributed by atoms with E-state index in [1.807, 2.05) is 0 Å². The average molecular weight is 233 g/mol. The summed E-state index contributed by atoms with van der Waals surface area (Å²) in [6.07, 6.45) is 2.58. The Hall–Kier alpha value is -1.02. The highest BCUT2D eigenvalue weighted by Crippen LogP contribution is 2.23. The molecule has 0 saturated carbocycles. The van der Waals surface area contributed by atoms with Crippen LogP contribution in [0.1, 0.15) is 45.1 Å². The van der Waals surface area contributed by atoms with Crippen LogP contribution in [0.15, 0.2) is 24.3 Å². The van der Waals surface area contributed by atoms with Gasteiger partial charge in [-0.3, -0.25) is 0 Å². The van der Waals surface area contributed by atoms with Gasteiger partial charge >= 0.3 is 0 Å². The molecule has 2 unspecified atom stereocenters. The lowest BCUT2D eigenvalue weighted by Crippen LogP contribution is -2.40. The molecule has 2 heteroatoms. The molecule has 1 aliphatic heterocycles. The SMILES string of the molecule is CC1CC(Oc2cccc(C(C)C)c2)CCN1. The third kappa shape index (κ3) is 3.47. The maximum absolute atomic E-state index is 6.08. The highest BCUT2D eigenvalue weighted by Gasteiger charge is 2.19. The van der Waals surface area contributed by atoms with Gasteiger partial charge in [0.15, 0.2) is 0 Å². The van der Waals surface area contributed by atoms with Crippen LogP contribution >= 0.6 is 0 Å². The number of hydrogen-bond acceptors (Lipinski definition) is 2. The Morgan fingerprint density at radius 2 is 2.18 bits per heavy atom. The van der Waals surface area contributed by atoms with E-state index < -0.39 is 0 Å². The fourth-order valence-electron chi connectivity index (χ4n) is 2.33. The van der Waals surface area contributed by atoms with Crippen LogP contribution in [-0.4, -0.2) is 18.7 Å². The fraction of sp³-hybridized carbons (Fsp3) is 0.600. The van der Waals surface area contributed by atoms with Crippen molar-refractivity contribution >= 4 is 0 Å². The van der Waals surface area contributed by atoms with Gasteiger partial charge in [-0.05, 0) is 49.9 Å². The van der Waals surface area contributed by atoms with Crippen LogP contribution in [0.25, 0.3) is 0 Å². The Morgan fingerprint density at radius 1 is 1.35 bits per heavy atom. The zero-order valence-corrected chi connectivity index (χ0v) is 11.1. The molecule has 1 heterocycles. The molecule has 1 fully saturated rings. The molecule has 0 aliphatic carbocycles. The van der Waals surface area contributed by atoms with Crippen molar-refractivity contribution in [3.63, 3.8) is 0 Å². The van der Waals surface area contributed by atoms with Crippen molar-refractivity contribution in [3.8, 4) is 5.75 Å². The topological polar surface area (TPSA) is 21.3 Å². The van der Waals surface area contributed by atoms with Crippen LogP contribution < -0.4 is 10.1 Å². The molecule has 1 saturated heterocycles. The molecule has 1 aromatic rings. The molecule has 0 radical (unpaired) electrons. The van der Waals surface area contributed by atoms with Gasteiger partial charge in [0.2, 0.25) is 0 Å². The van der Waals surface area contributed by atoms with E-state index in [9.17, 15) is 0 Å². The van der Waals surface area contributed by atoms with E-state index in [2.05, 4.69) is 50.4 Å². The molecule has 1 N–H and O–H groups in total.